The molecule has 1 aromatic carbocycles. The Bertz CT molecular complexity index is 960. The van der Waals surface area contributed by atoms with Gasteiger partial charge in [-0.15, -0.1) is 0 Å². The normalized spacial score (nSPS) is 18.8. The first-order chi connectivity index (χ1) is 15.5. The first-order valence-corrected chi connectivity index (χ1v) is 10.5. The number of carbonyl (C=O) groups excluding carboxylic acids is 2. The summed E-state index contributed by atoms with van der Waals surface area (Å²) in [5.74, 6) is -1.54. The minimum Gasteiger partial charge on any atom is -0.443 e. The zero-order valence-electron chi connectivity index (χ0n) is 17.8. The van der Waals surface area contributed by atoms with Gasteiger partial charge < -0.3 is 19.9 Å². The second-order valence-electron chi connectivity index (χ2n) is 7.84. The largest absolute Gasteiger partial charge is 0.443 e. The number of nitrogens with zero attached hydrogens (tertiary/aromatic N) is 4. The van der Waals surface area contributed by atoms with Crippen LogP contribution in [0.1, 0.15) is 5.56 Å². The monoisotopic (exact) mass is 445 g/mol. The molecule has 32 heavy (non-hydrogen) atoms. The number of pyridine rings is 1. The molecule has 0 saturated carbocycles. The van der Waals surface area contributed by atoms with Crippen molar-refractivity contribution in [2.45, 2.75) is 12.5 Å². The van der Waals surface area contributed by atoms with Gasteiger partial charge in [-0.2, -0.15) is 0 Å². The van der Waals surface area contributed by atoms with E-state index in [1.807, 2.05) is 6.07 Å². The number of anilines is 2. The number of cyclic esters (lactones) is 1. The van der Waals surface area contributed by atoms with Crippen molar-refractivity contribution >= 4 is 23.4 Å². The Morgan fingerprint density at radius 2 is 1.94 bits per heavy atom. The van der Waals surface area contributed by atoms with Crippen molar-refractivity contribution in [1.82, 2.24) is 15.2 Å². The van der Waals surface area contributed by atoms with Crippen LogP contribution in [0.3, 0.4) is 0 Å². The zero-order chi connectivity index (χ0) is 22.7. The molecule has 170 valence electrons. The molecule has 2 aromatic rings. The van der Waals surface area contributed by atoms with E-state index in [0.29, 0.717) is 32.7 Å². The molecule has 1 atom stereocenters. The number of ether oxygens (including phenoxy) is 1. The Morgan fingerprint density at radius 1 is 1.22 bits per heavy atom. The quantitative estimate of drug-likeness (QED) is 0.731. The lowest BCUT2D eigenvalue weighted by Gasteiger charge is -2.36. The molecule has 2 aliphatic heterocycles. The van der Waals surface area contributed by atoms with Crippen LogP contribution in [0.4, 0.5) is 25.0 Å². The Kier molecular flexibility index (Phi) is 6.50. The van der Waals surface area contributed by atoms with Crippen LogP contribution in [0.2, 0.25) is 0 Å². The van der Waals surface area contributed by atoms with E-state index in [-0.39, 0.29) is 36.4 Å². The summed E-state index contributed by atoms with van der Waals surface area (Å²) in [6.07, 6.45) is 2.53. The van der Waals surface area contributed by atoms with Crippen molar-refractivity contribution in [3.63, 3.8) is 0 Å². The van der Waals surface area contributed by atoms with Gasteiger partial charge in [0.25, 0.3) is 0 Å². The fraction of sp³-hybridized carbons (Fsp3) is 0.409. The lowest BCUT2D eigenvalue weighted by Crippen LogP contribution is -2.49. The SMILES string of the molecule is CNCC1CN(c2cc(F)c(N3CCN(C(=O)Cc4cccnc4)CC3)c(F)c2)C(=O)O1. The lowest BCUT2D eigenvalue weighted by molar-refractivity contribution is -0.130. The number of rotatable bonds is 6. The van der Waals surface area contributed by atoms with E-state index in [4.69, 9.17) is 4.74 Å². The average molecular weight is 445 g/mol. The second-order valence-corrected chi connectivity index (χ2v) is 7.84. The summed E-state index contributed by atoms with van der Waals surface area (Å²) in [5, 5.41) is 2.91. The molecule has 1 N–H and O–H groups in total. The fourth-order valence-electron chi connectivity index (χ4n) is 4.04. The molecule has 1 aromatic heterocycles. The summed E-state index contributed by atoms with van der Waals surface area (Å²) in [5.41, 5.74) is 0.801. The molecule has 2 aliphatic rings. The predicted molar refractivity (Wildman–Crippen MR) is 115 cm³/mol. The van der Waals surface area contributed by atoms with Gasteiger partial charge in [-0.3, -0.25) is 14.7 Å². The summed E-state index contributed by atoms with van der Waals surface area (Å²) in [4.78, 5) is 33.1. The minimum absolute atomic E-state index is 0.0439. The van der Waals surface area contributed by atoms with Gasteiger partial charge in [-0.1, -0.05) is 6.07 Å². The highest BCUT2D eigenvalue weighted by molar-refractivity contribution is 5.90. The molecule has 0 spiro atoms. The number of aromatic nitrogens is 1. The van der Waals surface area contributed by atoms with E-state index in [9.17, 15) is 18.4 Å². The molecule has 2 saturated heterocycles. The summed E-state index contributed by atoms with van der Waals surface area (Å²) >= 11 is 0. The molecule has 10 heteroatoms. The van der Waals surface area contributed by atoms with E-state index in [1.54, 1.807) is 35.3 Å². The molecule has 0 bridgehead atoms. The number of amides is 2. The van der Waals surface area contributed by atoms with E-state index in [0.717, 1.165) is 17.7 Å². The summed E-state index contributed by atoms with van der Waals surface area (Å²) in [6, 6.07) is 5.92. The molecule has 2 fully saturated rings. The van der Waals surface area contributed by atoms with Gasteiger partial charge in [0.2, 0.25) is 5.91 Å². The summed E-state index contributed by atoms with van der Waals surface area (Å²) < 4.78 is 35.0. The topological polar surface area (TPSA) is 78.0 Å². The van der Waals surface area contributed by atoms with Gasteiger partial charge in [0, 0.05) is 57.3 Å². The van der Waals surface area contributed by atoms with Crippen LogP contribution in [0.15, 0.2) is 36.7 Å². The van der Waals surface area contributed by atoms with E-state index < -0.39 is 17.7 Å². The van der Waals surface area contributed by atoms with Gasteiger partial charge >= 0.3 is 6.09 Å². The molecule has 2 amide bonds. The standard InChI is InChI=1S/C22H25F2N5O3/c1-25-13-17-14-29(22(31)32-17)16-10-18(23)21(19(24)11-16)28-7-5-27(6-8-28)20(30)9-15-3-2-4-26-12-15/h2-4,10-12,17,25H,5-9,13-14H2,1H3. The van der Waals surface area contributed by atoms with Gasteiger partial charge in [-0.05, 0) is 18.7 Å². The molecule has 0 aliphatic carbocycles. The second kappa shape index (κ2) is 9.47. The first kappa shape index (κ1) is 21.9. The number of carbonyl (C=O) groups is 2. The van der Waals surface area contributed by atoms with Crippen molar-refractivity contribution in [3.05, 3.63) is 53.9 Å². The number of likely N-dealkylation sites (N-methyl/N-ethyl adjacent to an activating group) is 1. The Morgan fingerprint density at radius 3 is 2.56 bits per heavy atom. The molecule has 3 heterocycles. The number of hydrogen-bond donors (Lipinski definition) is 1. The lowest BCUT2D eigenvalue weighted by atomic mass is 10.1. The molecule has 8 nitrogen and oxygen atoms in total. The van der Waals surface area contributed by atoms with Crippen LogP contribution in [-0.2, 0) is 16.0 Å². The van der Waals surface area contributed by atoms with Crippen molar-refractivity contribution in [2.75, 3.05) is 56.1 Å². The summed E-state index contributed by atoms with van der Waals surface area (Å²) in [7, 11) is 1.73. The maximum atomic E-state index is 14.9. The van der Waals surface area contributed by atoms with E-state index in [2.05, 4.69) is 10.3 Å². The van der Waals surface area contributed by atoms with Crippen molar-refractivity contribution < 1.29 is 23.1 Å². The zero-order valence-corrected chi connectivity index (χ0v) is 17.8. The molecule has 0 radical (unpaired) electrons. The Labute approximate surface area is 184 Å². The highest BCUT2D eigenvalue weighted by atomic mass is 19.1. The minimum atomic E-state index is -0.750. The van der Waals surface area contributed by atoms with Crippen molar-refractivity contribution in [1.29, 1.82) is 0 Å². The van der Waals surface area contributed by atoms with Crippen LogP contribution in [0.25, 0.3) is 0 Å². The van der Waals surface area contributed by atoms with Gasteiger partial charge in [-0.25, -0.2) is 13.6 Å². The third-order valence-corrected chi connectivity index (χ3v) is 5.65. The average Bonchev–Trinajstić information content (AvgIpc) is 3.15. The number of hydrogen-bond acceptors (Lipinski definition) is 6. The smallest absolute Gasteiger partial charge is 0.414 e. The fourth-order valence-corrected chi connectivity index (χ4v) is 4.04. The molecule has 4 rings (SSSR count). The van der Waals surface area contributed by atoms with Crippen LogP contribution in [0, 0.1) is 11.6 Å². The number of benzene rings is 1. The molecular formula is C22H25F2N5O3. The third kappa shape index (κ3) is 4.64. The van der Waals surface area contributed by atoms with Gasteiger partial charge in [0.1, 0.15) is 11.8 Å². The predicted octanol–water partition coefficient (Wildman–Crippen LogP) is 1.80. The van der Waals surface area contributed by atoms with E-state index in [1.165, 1.54) is 4.90 Å². The van der Waals surface area contributed by atoms with E-state index >= 15 is 0 Å². The first-order valence-electron chi connectivity index (χ1n) is 10.5. The van der Waals surface area contributed by atoms with Crippen LogP contribution >= 0.6 is 0 Å². The number of halogens is 2. The van der Waals surface area contributed by atoms with Crippen LogP contribution in [0.5, 0.6) is 0 Å². The van der Waals surface area contributed by atoms with Crippen molar-refractivity contribution in [2.24, 2.45) is 0 Å². The van der Waals surface area contributed by atoms with Gasteiger partial charge in [0.15, 0.2) is 11.6 Å². The van der Waals surface area contributed by atoms with Gasteiger partial charge in [0.05, 0.1) is 18.7 Å². The maximum Gasteiger partial charge on any atom is 0.414 e. The summed E-state index contributed by atoms with van der Waals surface area (Å²) in [6.45, 7) is 2.02. The highest BCUT2D eigenvalue weighted by Gasteiger charge is 2.33. The number of piperazine rings is 1. The van der Waals surface area contributed by atoms with Crippen molar-refractivity contribution in [3.8, 4) is 0 Å². The highest BCUT2D eigenvalue weighted by Crippen LogP contribution is 2.31. The maximum absolute atomic E-state index is 14.9. The Hall–Kier alpha value is -3.27. The molecular weight excluding hydrogens is 420 g/mol. The third-order valence-electron chi connectivity index (χ3n) is 5.65. The Balaban J connectivity index is 1.40. The van der Waals surface area contributed by atoms with Crippen LogP contribution < -0.4 is 15.1 Å². The number of nitrogens with one attached hydrogen (secondary N) is 1. The molecule has 1 unspecified atom stereocenters. The van der Waals surface area contributed by atoms with Crippen LogP contribution in [-0.4, -0.2) is 74.3 Å².